The lowest BCUT2D eigenvalue weighted by Crippen LogP contribution is -2.07. The van der Waals surface area contributed by atoms with Gasteiger partial charge in [0.2, 0.25) is 0 Å². The summed E-state index contributed by atoms with van der Waals surface area (Å²) in [4.78, 5) is 5.81. The van der Waals surface area contributed by atoms with E-state index in [4.69, 9.17) is 0 Å². The van der Waals surface area contributed by atoms with E-state index in [0.717, 1.165) is 16.5 Å². The number of para-hydroxylation sites is 2. The van der Waals surface area contributed by atoms with Crippen LogP contribution >= 0.6 is 21.6 Å². The molecule has 0 amide bonds. The van der Waals surface area contributed by atoms with Crippen molar-refractivity contribution >= 4 is 38.1 Å². The largest absolute Gasteiger partial charge is 0.334 e. The Kier molecular flexibility index (Phi) is 3.07. The molecule has 1 aliphatic heterocycles. The van der Waals surface area contributed by atoms with Crippen molar-refractivity contribution in [1.82, 2.24) is 0 Å². The molecule has 84 valence electrons. The van der Waals surface area contributed by atoms with Crippen LogP contribution in [0.4, 0.5) is 11.4 Å². The first-order chi connectivity index (χ1) is 8.42. The van der Waals surface area contributed by atoms with E-state index in [2.05, 4.69) is 16.4 Å². The Bertz CT molecular complexity index is 552. The lowest BCUT2D eigenvalue weighted by molar-refractivity contribution is 1.38. The zero-order valence-corrected chi connectivity index (χ0v) is 10.6. The summed E-state index contributed by atoms with van der Waals surface area (Å²) in [5, 5.41) is 4.24. The monoisotopic (exact) mass is 258 g/mol. The van der Waals surface area contributed by atoms with Crippen molar-refractivity contribution in [2.24, 2.45) is 4.99 Å². The van der Waals surface area contributed by atoms with Gasteiger partial charge in [-0.3, -0.25) is 0 Å². The molecule has 3 rings (SSSR count). The Balaban J connectivity index is 1.85. The van der Waals surface area contributed by atoms with E-state index < -0.39 is 0 Å². The molecule has 0 radical (unpaired) electrons. The zero-order chi connectivity index (χ0) is 11.5. The third kappa shape index (κ3) is 2.48. The van der Waals surface area contributed by atoms with Gasteiger partial charge < -0.3 is 5.32 Å². The summed E-state index contributed by atoms with van der Waals surface area (Å²) >= 11 is 0. The molecule has 2 nitrogen and oxygen atoms in total. The standard InChI is InChI=1S/C13H10N2S2/c1-2-6-10(7-3-1)14-13-15-11-8-4-5-9-12(11)16-17-13/h1-9H,(H,14,15). The minimum absolute atomic E-state index is 0.930. The molecule has 0 aliphatic carbocycles. The maximum atomic E-state index is 4.59. The predicted molar refractivity (Wildman–Crippen MR) is 77.0 cm³/mol. The highest BCUT2D eigenvalue weighted by molar-refractivity contribution is 8.82. The molecule has 0 fully saturated rings. The molecule has 0 saturated heterocycles. The molecule has 0 spiro atoms. The number of nitrogens with zero attached hydrogens (tertiary/aromatic N) is 1. The fraction of sp³-hybridized carbons (Fsp3) is 0. The van der Waals surface area contributed by atoms with E-state index in [0.29, 0.717) is 0 Å². The van der Waals surface area contributed by atoms with Crippen LogP contribution < -0.4 is 5.32 Å². The number of hydrogen-bond donors (Lipinski definition) is 1. The topological polar surface area (TPSA) is 24.4 Å². The van der Waals surface area contributed by atoms with E-state index in [1.165, 1.54) is 4.90 Å². The molecule has 0 bridgehead atoms. The van der Waals surface area contributed by atoms with Gasteiger partial charge in [-0.05, 0) is 45.9 Å². The zero-order valence-electron chi connectivity index (χ0n) is 8.96. The van der Waals surface area contributed by atoms with Crippen LogP contribution in [0.5, 0.6) is 0 Å². The quantitative estimate of drug-likeness (QED) is 0.760. The number of amidine groups is 1. The molecular weight excluding hydrogens is 248 g/mol. The van der Waals surface area contributed by atoms with Crippen molar-refractivity contribution in [1.29, 1.82) is 0 Å². The maximum absolute atomic E-state index is 4.59. The summed E-state index contributed by atoms with van der Waals surface area (Å²) < 4.78 is 0. The highest BCUT2D eigenvalue weighted by Gasteiger charge is 2.12. The highest BCUT2D eigenvalue weighted by Crippen LogP contribution is 2.43. The fourth-order valence-electron chi connectivity index (χ4n) is 1.53. The molecule has 17 heavy (non-hydrogen) atoms. The average molecular weight is 258 g/mol. The number of nitrogens with one attached hydrogen (secondary N) is 1. The van der Waals surface area contributed by atoms with Crippen LogP contribution in [0.15, 0.2) is 64.5 Å². The lowest BCUT2D eigenvalue weighted by Gasteiger charge is -2.14. The number of benzene rings is 2. The van der Waals surface area contributed by atoms with E-state index >= 15 is 0 Å². The molecule has 1 N–H and O–H groups in total. The Hall–Kier alpha value is -1.39. The Morgan fingerprint density at radius 1 is 0.824 bits per heavy atom. The van der Waals surface area contributed by atoms with Gasteiger partial charge in [-0.15, -0.1) is 0 Å². The van der Waals surface area contributed by atoms with Gasteiger partial charge in [-0.2, -0.15) is 0 Å². The Morgan fingerprint density at radius 3 is 2.47 bits per heavy atom. The Labute approximate surface area is 108 Å². The van der Waals surface area contributed by atoms with Crippen LogP contribution in [0, 0.1) is 0 Å². The molecule has 1 heterocycles. The van der Waals surface area contributed by atoms with Gasteiger partial charge in [0, 0.05) is 10.6 Å². The van der Waals surface area contributed by atoms with E-state index in [9.17, 15) is 0 Å². The molecule has 0 aromatic heterocycles. The second-order valence-electron chi connectivity index (χ2n) is 3.54. The van der Waals surface area contributed by atoms with Crippen LogP contribution in [0.25, 0.3) is 0 Å². The van der Waals surface area contributed by atoms with Gasteiger partial charge in [0.1, 0.15) is 0 Å². The Morgan fingerprint density at radius 2 is 1.59 bits per heavy atom. The molecule has 0 saturated carbocycles. The first-order valence-corrected chi connectivity index (χ1v) is 7.41. The number of fused-ring (bicyclic) bond motifs is 1. The van der Waals surface area contributed by atoms with Gasteiger partial charge in [-0.25, -0.2) is 4.99 Å². The third-order valence-electron chi connectivity index (χ3n) is 2.32. The summed E-state index contributed by atoms with van der Waals surface area (Å²) in [7, 11) is 3.40. The summed E-state index contributed by atoms with van der Waals surface area (Å²) in [6.45, 7) is 0. The van der Waals surface area contributed by atoms with Crippen LogP contribution in [0.1, 0.15) is 0 Å². The molecule has 1 aliphatic rings. The summed E-state index contributed by atoms with van der Waals surface area (Å²) in [5.74, 6) is 0. The second-order valence-corrected chi connectivity index (χ2v) is 5.70. The fourth-order valence-corrected chi connectivity index (χ4v) is 3.49. The van der Waals surface area contributed by atoms with Gasteiger partial charge in [0.15, 0.2) is 5.17 Å². The number of hydrogen-bond acceptors (Lipinski definition) is 4. The molecular formula is C13H10N2S2. The van der Waals surface area contributed by atoms with Gasteiger partial charge in [0.25, 0.3) is 0 Å². The SMILES string of the molecule is c1ccc(NC2=Nc3ccccc3SS2)cc1. The molecule has 2 aromatic rings. The van der Waals surface area contributed by atoms with Crippen LogP contribution in [-0.2, 0) is 0 Å². The first-order valence-electron chi connectivity index (χ1n) is 5.26. The minimum Gasteiger partial charge on any atom is -0.334 e. The van der Waals surface area contributed by atoms with Gasteiger partial charge in [0.05, 0.1) is 5.69 Å². The average Bonchev–Trinajstić information content (AvgIpc) is 2.40. The van der Waals surface area contributed by atoms with E-state index in [1.807, 2.05) is 48.5 Å². The normalized spacial score (nSPS) is 13.8. The van der Waals surface area contributed by atoms with Crippen molar-refractivity contribution in [3.05, 3.63) is 54.6 Å². The highest BCUT2D eigenvalue weighted by atomic mass is 33.1. The van der Waals surface area contributed by atoms with Crippen molar-refractivity contribution in [2.45, 2.75) is 4.90 Å². The molecule has 0 atom stereocenters. The number of aliphatic imine (C=N–C) groups is 1. The summed E-state index contributed by atoms with van der Waals surface area (Å²) in [6, 6.07) is 18.3. The lowest BCUT2D eigenvalue weighted by atomic mass is 10.3. The first kappa shape index (κ1) is 10.7. The van der Waals surface area contributed by atoms with Crippen LogP contribution in [0.3, 0.4) is 0 Å². The summed E-state index contributed by atoms with van der Waals surface area (Å²) in [6.07, 6.45) is 0. The van der Waals surface area contributed by atoms with Crippen molar-refractivity contribution in [3.8, 4) is 0 Å². The molecule has 2 aromatic carbocycles. The van der Waals surface area contributed by atoms with Crippen LogP contribution in [0.2, 0.25) is 0 Å². The third-order valence-corrected chi connectivity index (χ3v) is 4.54. The molecule has 0 unspecified atom stereocenters. The van der Waals surface area contributed by atoms with Crippen molar-refractivity contribution in [2.75, 3.05) is 5.32 Å². The van der Waals surface area contributed by atoms with E-state index in [-0.39, 0.29) is 0 Å². The maximum Gasteiger partial charge on any atom is 0.177 e. The predicted octanol–water partition coefficient (Wildman–Crippen LogP) is 4.54. The molecule has 4 heteroatoms. The van der Waals surface area contributed by atoms with Gasteiger partial charge in [-0.1, -0.05) is 30.3 Å². The minimum atomic E-state index is 0.930. The van der Waals surface area contributed by atoms with Crippen molar-refractivity contribution < 1.29 is 0 Å². The van der Waals surface area contributed by atoms with Crippen LogP contribution in [-0.4, -0.2) is 5.17 Å². The number of rotatable bonds is 1. The number of anilines is 1. The van der Waals surface area contributed by atoms with E-state index in [1.54, 1.807) is 21.6 Å². The second kappa shape index (κ2) is 4.85. The summed E-state index contributed by atoms with van der Waals surface area (Å²) in [5.41, 5.74) is 2.11. The van der Waals surface area contributed by atoms with Crippen molar-refractivity contribution in [3.63, 3.8) is 0 Å². The van der Waals surface area contributed by atoms with Gasteiger partial charge >= 0.3 is 0 Å². The smallest absolute Gasteiger partial charge is 0.177 e.